The van der Waals surface area contributed by atoms with Crippen LogP contribution in [0.25, 0.3) is 32.6 Å². The molecule has 0 aliphatic heterocycles. The summed E-state index contributed by atoms with van der Waals surface area (Å²) in [6.45, 7) is 0. The Balaban J connectivity index is 1.98. The van der Waals surface area contributed by atoms with Gasteiger partial charge in [0.2, 0.25) is 0 Å². The van der Waals surface area contributed by atoms with Gasteiger partial charge in [0, 0.05) is 26.4 Å². The average molecular weight is 371 g/mol. The molecule has 0 fully saturated rings. The molecule has 0 aliphatic carbocycles. The van der Waals surface area contributed by atoms with Crippen molar-refractivity contribution >= 4 is 50.4 Å². The van der Waals surface area contributed by atoms with Gasteiger partial charge in [0.25, 0.3) is 0 Å². The molecule has 2 heterocycles. The summed E-state index contributed by atoms with van der Waals surface area (Å²) in [7, 11) is 0. The molecule has 0 aliphatic rings. The maximum absolute atomic E-state index is 6.18. The lowest BCUT2D eigenvalue weighted by Gasteiger charge is -2.09. The van der Waals surface area contributed by atoms with Crippen molar-refractivity contribution in [1.82, 2.24) is 4.98 Å². The van der Waals surface area contributed by atoms with E-state index in [0.717, 1.165) is 38.3 Å². The molecule has 0 saturated heterocycles. The zero-order valence-corrected chi connectivity index (χ0v) is 14.8. The fourth-order valence-electron chi connectivity index (χ4n) is 2.69. The number of anilines is 1. The monoisotopic (exact) mass is 370 g/mol. The summed E-state index contributed by atoms with van der Waals surface area (Å²) in [5.74, 6) is 0. The molecule has 4 rings (SSSR count). The maximum Gasteiger partial charge on any atom is 0.126 e. The van der Waals surface area contributed by atoms with Gasteiger partial charge in [-0.1, -0.05) is 47.5 Å². The normalized spacial score (nSPS) is 11.1. The lowest BCUT2D eigenvalue weighted by molar-refractivity contribution is 1.42. The van der Waals surface area contributed by atoms with Crippen molar-refractivity contribution in [3.8, 4) is 22.4 Å². The van der Waals surface area contributed by atoms with Crippen molar-refractivity contribution in [1.29, 1.82) is 0 Å². The summed E-state index contributed by atoms with van der Waals surface area (Å²) in [5.41, 5.74) is 11.0. The van der Waals surface area contributed by atoms with Crippen molar-refractivity contribution in [2.75, 3.05) is 5.73 Å². The van der Waals surface area contributed by atoms with E-state index in [1.165, 1.54) is 0 Å². The predicted molar refractivity (Wildman–Crippen MR) is 105 cm³/mol. The highest BCUT2D eigenvalue weighted by Crippen LogP contribution is 2.38. The molecule has 2 aromatic carbocycles. The molecular formula is C19H12Cl2N2S. The number of nitrogen functional groups attached to an aromatic ring is 1. The van der Waals surface area contributed by atoms with Crippen LogP contribution in [0.3, 0.4) is 0 Å². The van der Waals surface area contributed by atoms with Crippen LogP contribution in [0.2, 0.25) is 10.0 Å². The minimum absolute atomic E-state index is 0.707. The van der Waals surface area contributed by atoms with Gasteiger partial charge in [-0.25, -0.2) is 4.98 Å². The number of thiophene rings is 1. The van der Waals surface area contributed by atoms with Crippen LogP contribution < -0.4 is 5.73 Å². The Kier molecular flexibility index (Phi) is 3.93. The van der Waals surface area contributed by atoms with E-state index in [0.29, 0.717) is 10.0 Å². The number of nitrogens with two attached hydrogens (primary N) is 1. The van der Waals surface area contributed by atoms with Crippen LogP contribution >= 0.6 is 34.5 Å². The van der Waals surface area contributed by atoms with Gasteiger partial charge in [0.15, 0.2) is 0 Å². The molecule has 118 valence electrons. The Bertz CT molecular complexity index is 1020. The van der Waals surface area contributed by atoms with Crippen LogP contribution in [-0.2, 0) is 0 Å². The summed E-state index contributed by atoms with van der Waals surface area (Å²) < 4.78 is 0. The number of pyridine rings is 1. The minimum Gasteiger partial charge on any atom is -0.397 e. The third kappa shape index (κ3) is 2.75. The van der Waals surface area contributed by atoms with Crippen molar-refractivity contribution in [2.24, 2.45) is 0 Å². The van der Waals surface area contributed by atoms with E-state index < -0.39 is 0 Å². The Morgan fingerprint density at radius 2 is 1.42 bits per heavy atom. The Labute approximate surface area is 153 Å². The third-order valence-electron chi connectivity index (χ3n) is 3.87. The first-order chi connectivity index (χ1) is 11.6. The lowest BCUT2D eigenvalue weighted by Crippen LogP contribution is -1.90. The van der Waals surface area contributed by atoms with Crippen LogP contribution in [0, 0.1) is 0 Å². The molecule has 2 N–H and O–H groups in total. The molecule has 0 saturated carbocycles. The zero-order valence-electron chi connectivity index (χ0n) is 12.5. The molecular weight excluding hydrogens is 359 g/mol. The summed E-state index contributed by atoms with van der Waals surface area (Å²) >= 11 is 13.6. The van der Waals surface area contributed by atoms with E-state index in [-0.39, 0.29) is 0 Å². The molecule has 0 amide bonds. The number of hydrogen-bond acceptors (Lipinski definition) is 3. The molecule has 2 nitrogen and oxygen atoms in total. The van der Waals surface area contributed by atoms with Gasteiger partial charge in [-0.3, -0.25) is 0 Å². The Hall–Kier alpha value is -2.07. The predicted octanol–water partition coefficient (Wildman–Crippen LogP) is 6.52. The second kappa shape index (κ2) is 6.10. The van der Waals surface area contributed by atoms with Gasteiger partial charge in [0.05, 0.1) is 11.4 Å². The van der Waals surface area contributed by atoms with Crippen LogP contribution in [0.1, 0.15) is 0 Å². The summed E-state index contributed by atoms with van der Waals surface area (Å²) in [6.07, 6.45) is 0. The lowest BCUT2D eigenvalue weighted by atomic mass is 10.00. The first kappa shape index (κ1) is 15.5. The van der Waals surface area contributed by atoms with Gasteiger partial charge in [0.1, 0.15) is 4.83 Å². The van der Waals surface area contributed by atoms with E-state index in [1.54, 1.807) is 11.3 Å². The van der Waals surface area contributed by atoms with Crippen molar-refractivity contribution in [2.45, 2.75) is 0 Å². The van der Waals surface area contributed by atoms with Crippen molar-refractivity contribution in [3.05, 3.63) is 70.0 Å². The number of nitrogens with zero attached hydrogens (tertiary/aromatic N) is 1. The molecule has 0 spiro atoms. The summed E-state index contributed by atoms with van der Waals surface area (Å²) in [4.78, 5) is 5.69. The first-order valence-corrected chi connectivity index (χ1v) is 8.95. The molecule has 0 radical (unpaired) electrons. The average Bonchev–Trinajstić information content (AvgIpc) is 2.97. The van der Waals surface area contributed by atoms with Crippen molar-refractivity contribution < 1.29 is 0 Å². The quantitative estimate of drug-likeness (QED) is 0.436. The Morgan fingerprint density at radius 3 is 2.04 bits per heavy atom. The number of aromatic nitrogens is 1. The smallest absolute Gasteiger partial charge is 0.126 e. The number of rotatable bonds is 2. The van der Waals surface area contributed by atoms with Gasteiger partial charge < -0.3 is 5.73 Å². The fourth-order valence-corrected chi connectivity index (χ4v) is 3.79. The Morgan fingerprint density at radius 1 is 0.833 bits per heavy atom. The van der Waals surface area contributed by atoms with E-state index >= 15 is 0 Å². The minimum atomic E-state index is 0.707. The summed E-state index contributed by atoms with van der Waals surface area (Å²) in [6, 6.07) is 17.5. The van der Waals surface area contributed by atoms with Gasteiger partial charge in [-0.2, -0.15) is 0 Å². The molecule has 5 heteroatoms. The highest BCUT2D eigenvalue weighted by molar-refractivity contribution is 7.17. The highest BCUT2D eigenvalue weighted by atomic mass is 35.5. The molecule has 2 aromatic heterocycles. The standard InChI is InChI=1S/C19H12Cl2N2S/c20-13-5-1-11(2-6-13)15-9-17(12-3-7-14(21)8-4-12)23-19-18(15)16(22)10-24-19/h1-10H,22H2. The highest BCUT2D eigenvalue weighted by Gasteiger charge is 2.13. The zero-order chi connectivity index (χ0) is 16.7. The number of fused-ring (bicyclic) bond motifs is 1. The van der Waals surface area contributed by atoms with Crippen LogP contribution in [0.4, 0.5) is 5.69 Å². The fraction of sp³-hybridized carbons (Fsp3) is 0. The van der Waals surface area contributed by atoms with Crippen molar-refractivity contribution in [3.63, 3.8) is 0 Å². The first-order valence-electron chi connectivity index (χ1n) is 7.31. The molecule has 0 bridgehead atoms. The third-order valence-corrected chi connectivity index (χ3v) is 5.26. The summed E-state index contributed by atoms with van der Waals surface area (Å²) in [5, 5.41) is 4.33. The van der Waals surface area contributed by atoms with E-state index in [1.807, 2.05) is 53.9 Å². The van der Waals surface area contributed by atoms with Gasteiger partial charge >= 0.3 is 0 Å². The molecule has 0 atom stereocenters. The second-order valence-corrected chi connectivity index (χ2v) is 7.17. The maximum atomic E-state index is 6.18. The molecule has 4 aromatic rings. The van der Waals surface area contributed by atoms with E-state index in [9.17, 15) is 0 Å². The van der Waals surface area contributed by atoms with Gasteiger partial charge in [-0.15, -0.1) is 11.3 Å². The second-order valence-electron chi connectivity index (χ2n) is 5.44. The van der Waals surface area contributed by atoms with E-state index in [4.69, 9.17) is 33.9 Å². The molecule has 24 heavy (non-hydrogen) atoms. The largest absolute Gasteiger partial charge is 0.397 e. The SMILES string of the molecule is Nc1csc2nc(-c3ccc(Cl)cc3)cc(-c3ccc(Cl)cc3)c12. The number of halogens is 2. The van der Waals surface area contributed by atoms with Crippen LogP contribution in [0.15, 0.2) is 60.0 Å². The van der Waals surface area contributed by atoms with Crippen LogP contribution in [0.5, 0.6) is 0 Å². The number of hydrogen-bond donors (Lipinski definition) is 1. The van der Waals surface area contributed by atoms with Gasteiger partial charge in [-0.05, 0) is 41.5 Å². The van der Waals surface area contributed by atoms with Crippen LogP contribution in [-0.4, -0.2) is 4.98 Å². The molecule has 0 unspecified atom stereocenters. The number of benzene rings is 2. The van der Waals surface area contributed by atoms with E-state index in [2.05, 4.69) is 6.07 Å². The topological polar surface area (TPSA) is 38.9 Å².